The fourth-order valence-corrected chi connectivity index (χ4v) is 2.53. The van der Waals surface area contributed by atoms with Crippen LogP contribution >= 0.6 is 0 Å². The maximum Gasteiger partial charge on any atom is 0.125 e. The molecule has 3 rings (SSSR count). The van der Waals surface area contributed by atoms with Crippen molar-refractivity contribution in [1.29, 1.82) is 0 Å². The molecule has 0 unspecified atom stereocenters. The van der Waals surface area contributed by atoms with Crippen LogP contribution in [-0.2, 0) is 13.5 Å². The lowest BCUT2D eigenvalue weighted by Crippen LogP contribution is -1.99. The van der Waals surface area contributed by atoms with Crippen LogP contribution in [0.25, 0.3) is 22.2 Å². The second-order valence-corrected chi connectivity index (χ2v) is 5.00. The number of benzene rings is 1. The van der Waals surface area contributed by atoms with Gasteiger partial charge in [-0.05, 0) is 24.6 Å². The Bertz CT molecular complexity index is 758. The minimum atomic E-state index is 0.758. The van der Waals surface area contributed by atoms with E-state index in [9.17, 15) is 0 Å². The summed E-state index contributed by atoms with van der Waals surface area (Å²) in [7, 11) is 1.89. The lowest BCUT2D eigenvalue weighted by Gasteiger charge is -2.04. The van der Waals surface area contributed by atoms with E-state index in [1.807, 2.05) is 25.4 Å². The molecule has 0 amide bonds. The smallest absolute Gasteiger partial charge is 0.125 e. The van der Waals surface area contributed by atoms with Crippen LogP contribution in [0.2, 0.25) is 0 Å². The number of hydrogen-bond acceptors (Lipinski definition) is 3. The Morgan fingerprint density at radius 2 is 2.10 bits per heavy atom. The second kappa shape index (κ2) is 4.96. The van der Waals surface area contributed by atoms with Gasteiger partial charge in [0.2, 0.25) is 0 Å². The van der Waals surface area contributed by atoms with Crippen molar-refractivity contribution in [2.75, 3.05) is 5.73 Å². The molecule has 2 N–H and O–H groups in total. The molecule has 0 saturated carbocycles. The minimum absolute atomic E-state index is 0.758. The summed E-state index contributed by atoms with van der Waals surface area (Å²) >= 11 is 0. The van der Waals surface area contributed by atoms with Gasteiger partial charge in [-0.15, -0.1) is 0 Å². The third-order valence-corrected chi connectivity index (χ3v) is 3.57. The van der Waals surface area contributed by atoms with E-state index in [1.54, 1.807) is 4.68 Å². The molecule has 0 saturated heterocycles. The second-order valence-electron chi connectivity index (χ2n) is 5.00. The summed E-state index contributed by atoms with van der Waals surface area (Å²) in [4.78, 5) is 4.35. The predicted octanol–water partition coefficient (Wildman–Crippen LogP) is 3.17. The zero-order valence-electron chi connectivity index (χ0n) is 11.8. The SMILES string of the molecule is CCCc1c(-c2ccc3ncccc3c2)nn(C)c1N. The largest absolute Gasteiger partial charge is 0.384 e. The van der Waals surface area contributed by atoms with Crippen LogP contribution in [0.4, 0.5) is 5.82 Å². The maximum absolute atomic E-state index is 6.13. The fourth-order valence-electron chi connectivity index (χ4n) is 2.53. The molecule has 0 aliphatic heterocycles. The Kier molecular flexibility index (Phi) is 3.14. The van der Waals surface area contributed by atoms with E-state index in [4.69, 9.17) is 5.73 Å². The number of aryl methyl sites for hydroxylation is 1. The van der Waals surface area contributed by atoms with Crippen LogP contribution in [0.15, 0.2) is 36.5 Å². The highest BCUT2D eigenvalue weighted by Gasteiger charge is 2.14. The number of anilines is 1. The molecular weight excluding hydrogens is 248 g/mol. The molecule has 4 nitrogen and oxygen atoms in total. The number of rotatable bonds is 3. The van der Waals surface area contributed by atoms with Gasteiger partial charge < -0.3 is 5.73 Å². The summed E-state index contributed by atoms with van der Waals surface area (Å²) in [5.41, 5.74) is 10.3. The Labute approximate surface area is 118 Å². The topological polar surface area (TPSA) is 56.7 Å². The molecular formula is C16H18N4. The molecule has 1 aromatic carbocycles. The maximum atomic E-state index is 6.13. The molecule has 2 heterocycles. The number of hydrogen-bond donors (Lipinski definition) is 1. The van der Waals surface area contributed by atoms with Crippen LogP contribution in [0.1, 0.15) is 18.9 Å². The standard InChI is InChI=1S/C16H18N4/c1-3-5-13-15(19-20(2)16(13)17)12-7-8-14-11(10-12)6-4-9-18-14/h4,6-10H,3,5,17H2,1-2H3. The number of fused-ring (bicyclic) bond motifs is 1. The Balaban J connectivity index is 2.17. The molecule has 0 aliphatic carbocycles. The van der Waals surface area contributed by atoms with Gasteiger partial charge in [0, 0.05) is 29.8 Å². The van der Waals surface area contributed by atoms with Crippen LogP contribution in [-0.4, -0.2) is 14.8 Å². The first-order valence-corrected chi connectivity index (χ1v) is 6.87. The number of nitrogens with zero attached hydrogens (tertiary/aromatic N) is 3. The summed E-state index contributed by atoms with van der Waals surface area (Å²) in [6.45, 7) is 2.15. The lowest BCUT2D eigenvalue weighted by atomic mass is 10.0. The molecule has 0 aliphatic rings. The molecule has 3 aromatic rings. The zero-order valence-corrected chi connectivity index (χ0v) is 11.8. The van der Waals surface area contributed by atoms with E-state index < -0.39 is 0 Å². The van der Waals surface area contributed by atoms with Crippen molar-refractivity contribution in [3.8, 4) is 11.3 Å². The van der Waals surface area contributed by atoms with E-state index in [-0.39, 0.29) is 0 Å². The highest BCUT2D eigenvalue weighted by Crippen LogP contribution is 2.29. The van der Waals surface area contributed by atoms with E-state index in [0.29, 0.717) is 0 Å². The molecule has 0 atom stereocenters. The highest BCUT2D eigenvalue weighted by atomic mass is 15.3. The van der Waals surface area contributed by atoms with Crippen molar-refractivity contribution < 1.29 is 0 Å². The molecule has 102 valence electrons. The fraction of sp³-hybridized carbons (Fsp3) is 0.250. The van der Waals surface area contributed by atoms with Crippen molar-refractivity contribution >= 4 is 16.7 Å². The highest BCUT2D eigenvalue weighted by molar-refractivity contribution is 5.84. The van der Waals surface area contributed by atoms with Crippen LogP contribution < -0.4 is 5.73 Å². The van der Waals surface area contributed by atoms with Gasteiger partial charge in [-0.2, -0.15) is 5.10 Å². The number of pyridine rings is 1. The summed E-state index contributed by atoms with van der Waals surface area (Å²) in [6.07, 6.45) is 3.81. The van der Waals surface area contributed by atoms with Gasteiger partial charge in [0.15, 0.2) is 0 Å². The van der Waals surface area contributed by atoms with E-state index in [2.05, 4.69) is 35.2 Å². The van der Waals surface area contributed by atoms with Gasteiger partial charge in [-0.1, -0.05) is 25.5 Å². The number of nitrogens with two attached hydrogens (primary N) is 1. The average Bonchev–Trinajstić information content (AvgIpc) is 2.75. The number of aromatic nitrogens is 3. The normalized spacial score (nSPS) is 11.1. The first kappa shape index (κ1) is 12.7. The third-order valence-electron chi connectivity index (χ3n) is 3.57. The van der Waals surface area contributed by atoms with Gasteiger partial charge >= 0.3 is 0 Å². The van der Waals surface area contributed by atoms with Crippen molar-refractivity contribution in [1.82, 2.24) is 14.8 Å². The van der Waals surface area contributed by atoms with E-state index in [1.165, 1.54) is 0 Å². The zero-order chi connectivity index (χ0) is 14.1. The Morgan fingerprint density at radius 1 is 1.25 bits per heavy atom. The van der Waals surface area contributed by atoms with Gasteiger partial charge in [0.1, 0.15) is 5.82 Å². The Morgan fingerprint density at radius 3 is 2.90 bits per heavy atom. The summed E-state index contributed by atoms with van der Waals surface area (Å²) in [5, 5.41) is 5.70. The first-order chi connectivity index (χ1) is 9.70. The van der Waals surface area contributed by atoms with Crippen LogP contribution in [0, 0.1) is 0 Å². The third kappa shape index (κ3) is 2.03. The van der Waals surface area contributed by atoms with Crippen molar-refractivity contribution in [3.05, 3.63) is 42.1 Å². The van der Waals surface area contributed by atoms with Crippen LogP contribution in [0.3, 0.4) is 0 Å². The van der Waals surface area contributed by atoms with Gasteiger partial charge in [0.05, 0.1) is 11.2 Å². The number of nitrogen functional groups attached to an aromatic ring is 1. The first-order valence-electron chi connectivity index (χ1n) is 6.87. The molecule has 0 spiro atoms. The molecule has 4 heteroatoms. The van der Waals surface area contributed by atoms with Crippen molar-refractivity contribution in [2.45, 2.75) is 19.8 Å². The molecule has 0 radical (unpaired) electrons. The quantitative estimate of drug-likeness (QED) is 0.792. The summed E-state index contributed by atoms with van der Waals surface area (Å²) in [6, 6.07) is 10.2. The van der Waals surface area contributed by atoms with Crippen molar-refractivity contribution in [2.24, 2.45) is 7.05 Å². The minimum Gasteiger partial charge on any atom is -0.384 e. The van der Waals surface area contributed by atoms with Gasteiger partial charge in [0.25, 0.3) is 0 Å². The monoisotopic (exact) mass is 266 g/mol. The van der Waals surface area contributed by atoms with Crippen molar-refractivity contribution in [3.63, 3.8) is 0 Å². The van der Waals surface area contributed by atoms with Crippen LogP contribution in [0.5, 0.6) is 0 Å². The Hall–Kier alpha value is -2.36. The van der Waals surface area contributed by atoms with Gasteiger partial charge in [-0.3, -0.25) is 9.67 Å². The molecule has 20 heavy (non-hydrogen) atoms. The summed E-state index contributed by atoms with van der Waals surface area (Å²) in [5.74, 6) is 0.758. The summed E-state index contributed by atoms with van der Waals surface area (Å²) < 4.78 is 1.76. The van der Waals surface area contributed by atoms with Gasteiger partial charge in [-0.25, -0.2) is 0 Å². The van der Waals surface area contributed by atoms with E-state index in [0.717, 1.165) is 46.4 Å². The molecule has 0 fully saturated rings. The molecule has 2 aromatic heterocycles. The van der Waals surface area contributed by atoms with E-state index >= 15 is 0 Å². The average molecular weight is 266 g/mol. The lowest BCUT2D eigenvalue weighted by molar-refractivity contribution is 0.781. The predicted molar refractivity (Wildman–Crippen MR) is 82.4 cm³/mol. The molecule has 0 bridgehead atoms.